The third kappa shape index (κ3) is 2.91. The highest BCUT2D eigenvalue weighted by atomic mass is 32.1. The Balaban J connectivity index is 2.02. The standard InChI is InChI=1S/C13H12F3NS/c1-8(12-3-2-4-18-12)17-7-9-5-10(14)13(16)11(15)6-9/h2-6,8,17H,7H2,1H3/t8-/m0/s1. The number of halogens is 3. The Kier molecular flexibility index (Phi) is 4.04. The van der Waals surface area contributed by atoms with Gasteiger partial charge in [-0.2, -0.15) is 0 Å². The lowest BCUT2D eigenvalue weighted by Gasteiger charge is -2.12. The number of nitrogens with one attached hydrogen (secondary N) is 1. The van der Waals surface area contributed by atoms with Crippen molar-refractivity contribution in [1.29, 1.82) is 0 Å². The van der Waals surface area contributed by atoms with Gasteiger partial charge in [0.1, 0.15) is 0 Å². The molecule has 0 saturated heterocycles. The monoisotopic (exact) mass is 271 g/mol. The van der Waals surface area contributed by atoms with Crippen LogP contribution in [0, 0.1) is 17.5 Å². The molecule has 1 aromatic heterocycles. The van der Waals surface area contributed by atoms with Crippen LogP contribution in [0.5, 0.6) is 0 Å². The van der Waals surface area contributed by atoms with Crippen LogP contribution < -0.4 is 5.32 Å². The average molecular weight is 271 g/mol. The largest absolute Gasteiger partial charge is 0.305 e. The van der Waals surface area contributed by atoms with Gasteiger partial charge in [0.25, 0.3) is 0 Å². The quantitative estimate of drug-likeness (QED) is 0.828. The molecule has 18 heavy (non-hydrogen) atoms. The van der Waals surface area contributed by atoms with Crippen molar-refractivity contribution >= 4 is 11.3 Å². The van der Waals surface area contributed by atoms with Crippen LogP contribution in [0.1, 0.15) is 23.4 Å². The van der Waals surface area contributed by atoms with Crippen LogP contribution in [-0.4, -0.2) is 0 Å². The van der Waals surface area contributed by atoms with Gasteiger partial charge >= 0.3 is 0 Å². The molecule has 0 fully saturated rings. The Morgan fingerprint density at radius 2 is 1.89 bits per heavy atom. The minimum atomic E-state index is -1.43. The summed E-state index contributed by atoms with van der Waals surface area (Å²) in [4.78, 5) is 1.14. The van der Waals surface area contributed by atoms with Gasteiger partial charge < -0.3 is 5.32 Å². The predicted octanol–water partition coefficient (Wildman–Crippen LogP) is 4.02. The lowest BCUT2D eigenvalue weighted by atomic mass is 10.2. The Hall–Kier alpha value is -1.33. The molecule has 5 heteroatoms. The van der Waals surface area contributed by atoms with Crippen LogP contribution in [-0.2, 0) is 6.54 Å². The summed E-state index contributed by atoms with van der Waals surface area (Å²) in [5.74, 6) is -3.74. The van der Waals surface area contributed by atoms with Crippen LogP contribution in [0.15, 0.2) is 29.6 Å². The summed E-state index contributed by atoms with van der Waals surface area (Å²) in [5.41, 5.74) is 0.384. The van der Waals surface area contributed by atoms with Crippen molar-refractivity contribution in [2.24, 2.45) is 0 Å². The first-order chi connectivity index (χ1) is 8.58. The summed E-state index contributed by atoms with van der Waals surface area (Å²) in [6.45, 7) is 2.25. The minimum Gasteiger partial charge on any atom is -0.305 e. The van der Waals surface area contributed by atoms with Gasteiger partial charge in [0.2, 0.25) is 0 Å². The Labute approximate surface area is 107 Å². The van der Waals surface area contributed by atoms with Crippen LogP contribution in [0.2, 0.25) is 0 Å². The third-order valence-electron chi connectivity index (χ3n) is 2.63. The van der Waals surface area contributed by atoms with E-state index in [1.54, 1.807) is 11.3 Å². The van der Waals surface area contributed by atoms with E-state index in [0.29, 0.717) is 5.56 Å². The molecular weight excluding hydrogens is 259 g/mol. The van der Waals surface area contributed by atoms with E-state index in [0.717, 1.165) is 17.0 Å². The van der Waals surface area contributed by atoms with Gasteiger partial charge in [-0.25, -0.2) is 13.2 Å². The van der Waals surface area contributed by atoms with Crippen LogP contribution in [0.25, 0.3) is 0 Å². The molecule has 1 nitrogen and oxygen atoms in total. The Morgan fingerprint density at radius 3 is 2.44 bits per heavy atom. The van der Waals surface area contributed by atoms with E-state index in [4.69, 9.17) is 0 Å². The zero-order chi connectivity index (χ0) is 13.1. The van der Waals surface area contributed by atoms with E-state index in [2.05, 4.69) is 5.32 Å². The first kappa shape index (κ1) is 13.1. The van der Waals surface area contributed by atoms with E-state index in [-0.39, 0.29) is 12.6 Å². The van der Waals surface area contributed by atoms with Crippen molar-refractivity contribution < 1.29 is 13.2 Å². The molecule has 0 bridgehead atoms. The molecule has 1 N–H and O–H groups in total. The van der Waals surface area contributed by atoms with E-state index < -0.39 is 17.5 Å². The predicted molar refractivity (Wildman–Crippen MR) is 65.9 cm³/mol. The summed E-state index contributed by atoms with van der Waals surface area (Å²) in [7, 11) is 0. The lowest BCUT2D eigenvalue weighted by Crippen LogP contribution is -2.17. The molecule has 96 valence electrons. The maximum atomic E-state index is 13.0. The fourth-order valence-corrected chi connectivity index (χ4v) is 2.38. The Bertz CT molecular complexity index is 502. The van der Waals surface area contributed by atoms with Crippen molar-refractivity contribution in [3.05, 3.63) is 57.5 Å². The molecule has 2 rings (SSSR count). The van der Waals surface area contributed by atoms with Crippen molar-refractivity contribution in [3.63, 3.8) is 0 Å². The molecular formula is C13H12F3NS. The Morgan fingerprint density at radius 1 is 1.22 bits per heavy atom. The fourth-order valence-electron chi connectivity index (χ4n) is 1.62. The molecule has 0 aliphatic heterocycles. The molecule has 1 atom stereocenters. The highest BCUT2D eigenvalue weighted by Gasteiger charge is 2.11. The van der Waals surface area contributed by atoms with Crippen LogP contribution in [0.3, 0.4) is 0 Å². The second-order valence-corrected chi connectivity index (χ2v) is 4.97. The summed E-state index contributed by atoms with van der Waals surface area (Å²) >= 11 is 1.60. The van der Waals surface area contributed by atoms with E-state index in [9.17, 15) is 13.2 Å². The van der Waals surface area contributed by atoms with E-state index >= 15 is 0 Å². The summed E-state index contributed by atoms with van der Waals surface area (Å²) < 4.78 is 38.8. The number of hydrogen-bond donors (Lipinski definition) is 1. The average Bonchev–Trinajstić information content (AvgIpc) is 2.86. The topological polar surface area (TPSA) is 12.0 Å². The first-order valence-electron chi connectivity index (χ1n) is 5.48. The molecule has 0 saturated carbocycles. The normalized spacial score (nSPS) is 12.7. The highest BCUT2D eigenvalue weighted by Crippen LogP contribution is 2.19. The summed E-state index contributed by atoms with van der Waals surface area (Å²) in [6, 6.07) is 6.02. The first-order valence-corrected chi connectivity index (χ1v) is 6.36. The van der Waals surface area contributed by atoms with Crippen molar-refractivity contribution in [1.82, 2.24) is 5.32 Å². The molecule has 0 aliphatic rings. The van der Waals surface area contributed by atoms with E-state index in [1.807, 2.05) is 24.4 Å². The summed E-state index contributed by atoms with van der Waals surface area (Å²) in [6.07, 6.45) is 0. The molecule has 0 spiro atoms. The van der Waals surface area contributed by atoms with Gasteiger partial charge in [-0.15, -0.1) is 11.3 Å². The number of benzene rings is 1. The summed E-state index contributed by atoms with van der Waals surface area (Å²) in [5, 5.41) is 5.09. The maximum absolute atomic E-state index is 13.0. The van der Waals surface area contributed by atoms with Crippen LogP contribution >= 0.6 is 11.3 Å². The fraction of sp³-hybridized carbons (Fsp3) is 0.231. The molecule has 0 unspecified atom stereocenters. The highest BCUT2D eigenvalue weighted by molar-refractivity contribution is 7.10. The maximum Gasteiger partial charge on any atom is 0.194 e. The smallest absolute Gasteiger partial charge is 0.194 e. The van der Waals surface area contributed by atoms with E-state index in [1.165, 1.54) is 0 Å². The molecule has 1 aromatic carbocycles. The zero-order valence-corrected chi connectivity index (χ0v) is 10.5. The number of thiophene rings is 1. The zero-order valence-electron chi connectivity index (χ0n) is 9.71. The number of hydrogen-bond acceptors (Lipinski definition) is 2. The minimum absolute atomic E-state index is 0.0844. The lowest BCUT2D eigenvalue weighted by molar-refractivity contribution is 0.443. The van der Waals surface area contributed by atoms with Crippen molar-refractivity contribution in [2.45, 2.75) is 19.5 Å². The SMILES string of the molecule is C[C@H](NCc1cc(F)c(F)c(F)c1)c1cccs1. The number of rotatable bonds is 4. The van der Waals surface area contributed by atoms with Crippen molar-refractivity contribution in [2.75, 3.05) is 0 Å². The van der Waals surface area contributed by atoms with Gasteiger partial charge in [0.05, 0.1) is 0 Å². The van der Waals surface area contributed by atoms with Crippen LogP contribution in [0.4, 0.5) is 13.2 Å². The molecule has 2 aromatic rings. The van der Waals surface area contributed by atoms with Gasteiger partial charge in [-0.05, 0) is 36.1 Å². The second-order valence-electron chi connectivity index (χ2n) is 3.99. The second kappa shape index (κ2) is 5.54. The van der Waals surface area contributed by atoms with Gasteiger partial charge in [0.15, 0.2) is 17.5 Å². The molecule has 1 heterocycles. The van der Waals surface area contributed by atoms with Gasteiger partial charge in [0, 0.05) is 17.5 Å². The molecule has 0 radical (unpaired) electrons. The molecule has 0 aliphatic carbocycles. The third-order valence-corrected chi connectivity index (χ3v) is 3.68. The molecule has 0 amide bonds. The van der Waals surface area contributed by atoms with Crippen molar-refractivity contribution in [3.8, 4) is 0 Å². The van der Waals surface area contributed by atoms with Gasteiger partial charge in [-0.3, -0.25) is 0 Å². The van der Waals surface area contributed by atoms with Gasteiger partial charge in [-0.1, -0.05) is 6.07 Å².